The van der Waals surface area contributed by atoms with Crippen LogP contribution in [0.4, 0.5) is 5.69 Å². The lowest BCUT2D eigenvalue weighted by molar-refractivity contribution is 0.453. The van der Waals surface area contributed by atoms with Gasteiger partial charge in [-0.05, 0) is 24.6 Å². The number of nitrogen functional groups attached to an aromatic ring is 1. The average molecular weight is 252 g/mol. The predicted octanol–water partition coefficient (Wildman–Crippen LogP) is 2.57. The van der Waals surface area contributed by atoms with Crippen molar-refractivity contribution in [2.75, 3.05) is 5.73 Å². The van der Waals surface area contributed by atoms with Gasteiger partial charge in [0.15, 0.2) is 0 Å². The molecule has 0 saturated heterocycles. The monoisotopic (exact) mass is 252 g/mol. The molecule has 2 aromatic rings. The van der Waals surface area contributed by atoms with Gasteiger partial charge in [-0.1, -0.05) is 13.8 Å². The van der Waals surface area contributed by atoms with Crippen molar-refractivity contribution in [1.29, 1.82) is 0 Å². The number of nitrogens with zero attached hydrogens (tertiary/aromatic N) is 3. The van der Waals surface area contributed by atoms with Gasteiger partial charge in [0.05, 0.1) is 17.1 Å². The van der Waals surface area contributed by atoms with E-state index in [1.54, 1.807) is 10.9 Å². The minimum Gasteiger partial charge on any atom is -0.439 e. The number of aryl methyl sites for hydroxylation is 2. The number of aromatic nitrogens is 3. The Kier molecular flexibility index (Phi) is 3.15. The summed E-state index contributed by atoms with van der Waals surface area (Å²) in [6.07, 6.45) is 1.62. The first kappa shape index (κ1) is 12.0. The molecule has 0 saturated carbocycles. The maximum absolute atomic E-state index is 6.09. The highest BCUT2D eigenvalue weighted by molar-refractivity contribution is 7.99. The molecule has 2 heterocycles. The number of hydrogen-bond acceptors (Lipinski definition) is 5. The predicted molar refractivity (Wildman–Crippen MR) is 67.1 cm³/mol. The van der Waals surface area contributed by atoms with E-state index in [-0.39, 0.29) is 0 Å². The minimum absolute atomic E-state index is 0.307. The van der Waals surface area contributed by atoms with E-state index in [0.29, 0.717) is 16.8 Å². The molecule has 0 amide bonds. The quantitative estimate of drug-likeness (QED) is 0.909. The van der Waals surface area contributed by atoms with Crippen LogP contribution in [-0.2, 0) is 7.05 Å². The van der Waals surface area contributed by atoms with Gasteiger partial charge in [0.1, 0.15) is 11.3 Å². The summed E-state index contributed by atoms with van der Waals surface area (Å²) in [7, 11) is 1.88. The van der Waals surface area contributed by atoms with Crippen LogP contribution in [0.5, 0.6) is 0 Å². The van der Waals surface area contributed by atoms with E-state index < -0.39 is 0 Å². The van der Waals surface area contributed by atoms with Crippen LogP contribution in [0.2, 0.25) is 0 Å². The van der Waals surface area contributed by atoms with Crippen molar-refractivity contribution in [3.05, 3.63) is 17.7 Å². The Morgan fingerprint density at radius 1 is 1.47 bits per heavy atom. The fraction of sp³-hybridized carbons (Fsp3) is 0.455. The van der Waals surface area contributed by atoms with Gasteiger partial charge in [-0.15, -0.1) is 0 Å². The van der Waals surface area contributed by atoms with E-state index in [0.717, 1.165) is 16.4 Å². The molecule has 0 radical (unpaired) electrons. The molecule has 6 heteroatoms. The van der Waals surface area contributed by atoms with Crippen molar-refractivity contribution in [2.24, 2.45) is 7.05 Å². The Hall–Kier alpha value is -1.43. The van der Waals surface area contributed by atoms with Crippen molar-refractivity contribution in [2.45, 2.75) is 36.9 Å². The smallest absolute Gasteiger partial charge is 0.262 e. The summed E-state index contributed by atoms with van der Waals surface area (Å²) in [6, 6.07) is 0. The summed E-state index contributed by atoms with van der Waals surface area (Å²) in [5, 5.41) is 5.88. The number of oxazole rings is 1. The lowest BCUT2D eigenvalue weighted by Crippen LogP contribution is -1.94. The summed E-state index contributed by atoms with van der Waals surface area (Å²) in [4.78, 5) is 4.24. The maximum atomic E-state index is 6.09. The standard InChI is InChI=1S/C11H16N4OS/c1-6(2)9-8(12)10(15(4)14-9)17-11-13-7(3)5-16-11/h5-6H,12H2,1-4H3. The molecule has 0 aromatic carbocycles. The number of anilines is 1. The summed E-state index contributed by atoms with van der Waals surface area (Å²) in [6.45, 7) is 6.03. The van der Waals surface area contributed by atoms with E-state index in [4.69, 9.17) is 10.2 Å². The lowest BCUT2D eigenvalue weighted by Gasteiger charge is -2.00. The van der Waals surface area contributed by atoms with E-state index in [2.05, 4.69) is 23.9 Å². The number of hydrogen-bond donors (Lipinski definition) is 1. The number of rotatable bonds is 3. The van der Waals surface area contributed by atoms with E-state index >= 15 is 0 Å². The average Bonchev–Trinajstić information content (AvgIpc) is 2.77. The fourth-order valence-corrected chi connectivity index (χ4v) is 2.39. The van der Waals surface area contributed by atoms with Crippen molar-refractivity contribution in [1.82, 2.24) is 14.8 Å². The Morgan fingerprint density at radius 2 is 2.18 bits per heavy atom. The molecular weight excluding hydrogens is 236 g/mol. The largest absolute Gasteiger partial charge is 0.439 e. The highest BCUT2D eigenvalue weighted by Gasteiger charge is 2.18. The van der Waals surface area contributed by atoms with Crippen molar-refractivity contribution >= 4 is 17.4 Å². The van der Waals surface area contributed by atoms with Gasteiger partial charge >= 0.3 is 0 Å². The molecule has 0 spiro atoms. The topological polar surface area (TPSA) is 69.9 Å². The fourth-order valence-electron chi connectivity index (χ4n) is 1.55. The molecule has 2 aromatic heterocycles. The highest BCUT2D eigenvalue weighted by Crippen LogP contribution is 2.35. The van der Waals surface area contributed by atoms with Gasteiger partial charge in [0.2, 0.25) is 0 Å². The lowest BCUT2D eigenvalue weighted by atomic mass is 10.1. The molecule has 0 aliphatic heterocycles. The molecule has 5 nitrogen and oxygen atoms in total. The zero-order chi connectivity index (χ0) is 12.6. The van der Waals surface area contributed by atoms with Gasteiger partial charge in [0.25, 0.3) is 5.22 Å². The van der Waals surface area contributed by atoms with Crippen LogP contribution in [0.1, 0.15) is 31.2 Å². The first-order chi connectivity index (χ1) is 7.99. The maximum Gasteiger partial charge on any atom is 0.262 e. The van der Waals surface area contributed by atoms with Gasteiger partial charge < -0.3 is 10.2 Å². The SMILES string of the molecule is Cc1coc(Sc2c(N)c(C(C)C)nn2C)n1. The van der Waals surface area contributed by atoms with Crippen LogP contribution in [0.15, 0.2) is 20.9 Å². The van der Waals surface area contributed by atoms with Gasteiger partial charge in [-0.2, -0.15) is 5.10 Å². The van der Waals surface area contributed by atoms with Gasteiger partial charge in [-0.25, -0.2) is 4.98 Å². The summed E-state index contributed by atoms with van der Waals surface area (Å²) < 4.78 is 7.08. The normalized spacial score (nSPS) is 11.4. The molecule has 2 rings (SSSR count). The van der Waals surface area contributed by atoms with Crippen molar-refractivity contribution < 1.29 is 4.42 Å². The molecule has 0 aliphatic carbocycles. The molecule has 0 atom stereocenters. The second-order valence-corrected chi connectivity index (χ2v) is 5.18. The van der Waals surface area contributed by atoms with Crippen LogP contribution >= 0.6 is 11.8 Å². The van der Waals surface area contributed by atoms with Gasteiger partial charge in [-0.3, -0.25) is 4.68 Å². The molecule has 0 bridgehead atoms. The molecule has 0 fully saturated rings. The van der Waals surface area contributed by atoms with E-state index in [1.165, 1.54) is 11.8 Å². The van der Waals surface area contributed by atoms with Crippen LogP contribution < -0.4 is 5.73 Å². The third kappa shape index (κ3) is 2.31. The third-order valence-electron chi connectivity index (χ3n) is 2.39. The van der Waals surface area contributed by atoms with Crippen LogP contribution in [-0.4, -0.2) is 14.8 Å². The highest BCUT2D eigenvalue weighted by atomic mass is 32.2. The summed E-state index contributed by atoms with van der Waals surface area (Å²) in [5.41, 5.74) is 8.57. The van der Waals surface area contributed by atoms with Crippen LogP contribution in [0.25, 0.3) is 0 Å². The molecule has 2 N–H and O–H groups in total. The van der Waals surface area contributed by atoms with Gasteiger partial charge in [0, 0.05) is 7.05 Å². The minimum atomic E-state index is 0.307. The van der Waals surface area contributed by atoms with E-state index in [9.17, 15) is 0 Å². The zero-order valence-corrected chi connectivity index (χ0v) is 11.2. The Bertz CT molecular complexity index is 530. The molecule has 17 heavy (non-hydrogen) atoms. The van der Waals surface area contributed by atoms with Crippen LogP contribution in [0, 0.1) is 6.92 Å². The third-order valence-corrected chi connectivity index (χ3v) is 3.43. The Labute approximate surface area is 104 Å². The second-order valence-electron chi connectivity index (χ2n) is 4.24. The summed E-state index contributed by atoms with van der Waals surface area (Å²) in [5.74, 6) is 0.307. The molecule has 0 aliphatic rings. The van der Waals surface area contributed by atoms with E-state index in [1.807, 2.05) is 14.0 Å². The Morgan fingerprint density at radius 3 is 2.65 bits per heavy atom. The van der Waals surface area contributed by atoms with Crippen molar-refractivity contribution in [3.8, 4) is 0 Å². The summed E-state index contributed by atoms with van der Waals surface area (Å²) >= 11 is 1.40. The molecular formula is C11H16N4OS. The first-order valence-electron chi connectivity index (χ1n) is 5.41. The zero-order valence-electron chi connectivity index (χ0n) is 10.4. The first-order valence-corrected chi connectivity index (χ1v) is 6.23. The molecule has 0 unspecified atom stereocenters. The second kappa shape index (κ2) is 4.44. The Balaban J connectivity index is 2.33. The number of nitrogens with two attached hydrogens (primary N) is 1. The van der Waals surface area contributed by atoms with Crippen LogP contribution in [0.3, 0.4) is 0 Å². The van der Waals surface area contributed by atoms with Crippen molar-refractivity contribution in [3.63, 3.8) is 0 Å². The molecule has 92 valence electrons.